The first kappa shape index (κ1) is 16.5. The van der Waals surface area contributed by atoms with Gasteiger partial charge in [-0.15, -0.1) is 13.2 Å². The second-order valence-corrected chi connectivity index (χ2v) is 5.32. The zero-order chi connectivity index (χ0) is 14.8. The van der Waals surface area contributed by atoms with Crippen LogP contribution in [0.25, 0.3) is 5.57 Å². The SMILES string of the molecule is C=C.CC(C)CNCc1ccccc1C1=CCCC=C1. The maximum atomic E-state index is 3.53. The predicted molar refractivity (Wildman–Crippen MR) is 90.6 cm³/mol. The third-order valence-electron chi connectivity index (χ3n) is 3.19. The minimum atomic E-state index is 0.700. The molecule has 0 spiro atoms. The number of rotatable bonds is 5. The lowest BCUT2D eigenvalue weighted by Gasteiger charge is -2.14. The minimum Gasteiger partial charge on any atom is -0.312 e. The molecule has 0 amide bonds. The Bertz CT molecular complexity index is 455. The molecule has 1 aliphatic carbocycles. The number of allylic oxidation sites excluding steroid dienone is 4. The van der Waals surface area contributed by atoms with Crippen LogP contribution in [0.15, 0.2) is 55.7 Å². The van der Waals surface area contributed by atoms with Crippen LogP contribution in [-0.2, 0) is 6.54 Å². The molecule has 0 saturated heterocycles. The van der Waals surface area contributed by atoms with E-state index in [9.17, 15) is 0 Å². The molecule has 1 aliphatic rings. The summed E-state index contributed by atoms with van der Waals surface area (Å²) >= 11 is 0. The highest BCUT2D eigenvalue weighted by Gasteiger charge is 2.06. The Morgan fingerprint density at radius 2 is 1.90 bits per heavy atom. The maximum Gasteiger partial charge on any atom is 0.0211 e. The molecule has 0 fully saturated rings. The highest BCUT2D eigenvalue weighted by molar-refractivity contribution is 5.76. The summed E-state index contributed by atoms with van der Waals surface area (Å²) in [5.74, 6) is 0.700. The van der Waals surface area contributed by atoms with E-state index >= 15 is 0 Å². The average Bonchev–Trinajstić information content (AvgIpc) is 2.50. The summed E-state index contributed by atoms with van der Waals surface area (Å²) in [4.78, 5) is 0. The first-order valence-electron chi connectivity index (χ1n) is 7.43. The van der Waals surface area contributed by atoms with Crippen LogP contribution in [0.5, 0.6) is 0 Å². The van der Waals surface area contributed by atoms with Crippen molar-refractivity contribution in [3.63, 3.8) is 0 Å². The van der Waals surface area contributed by atoms with E-state index in [0.717, 1.165) is 13.1 Å². The van der Waals surface area contributed by atoms with Crippen molar-refractivity contribution in [2.24, 2.45) is 5.92 Å². The molecule has 1 nitrogen and oxygen atoms in total. The summed E-state index contributed by atoms with van der Waals surface area (Å²) in [6, 6.07) is 8.72. The van der Waals surface area contributed by atoms with Gasteiger partial charge < -0.3 is 5.32 Å². The van der Waals surface area contributed by atoms with E-state index in [-0.39, 0.29) is 0 Å². The lowest BCUT2D eigenvalue weighted by Crippen LogP contribution is -2.19. The molecule has 1 N–H and O–H groups in total. The molecule has 0 saturated carbocycles. The van der Waals surface area contributed by atoms with Gasteiger partial charge in [-0.25, -0.2) is 0 Å². The fourth-order valence-electron chi connectivity index (χ4n) is 2.26. The standard InChI is InChI=1S/C17H23N.C2H4/c1-14(2)12-18-13-16-10-6-7-11-17(16)15-8-4-3-5-9-15;1-2/h4,6-11,14,18H,3,5,12-13H2,1-2H3;1-2H2. The van der Waals surface area contributed by atoms with E-state index in [1.54, 1.807) is 0 Å². The number of hydrogen-bond acceptors (Lipinski definition) is 1. The monoisotopic (exact) mass is 269 g/mol. The predicted octanol–water partition coefficient (Wildman–Crippen LogP) is 4.97. The van der Waals surface area contributed by atoms with Crippen molar-refractivity contribution in [1.29, 1.82) is 0 Å². The van der Waals surface area contributed by atoms with Crippen molar-refractivity contribution in [1.82, 2.24) is 5.32 Å². The van der Waals surface area contributed by atoms with E-state index in [1.165, 1.54) is 29.5 Å². The van der Waals surface area contributed by atoms with E-state index in [0.29, 0.717) is 5.92 Å². The van der Waals surface area contributed by atoms with E-state index < -0.39 is 0 Å². The van der Waals surface area contributed by atoms with Gasteiger partial charge in [-0.2, -0.15) is 0 Å². The first-order chi connectivity index (χ1) is 9.77. The van der Waals surface area contributed by atoms with Crippen molar-refractivity contribution in [3.8, 4) is 0 Å². The molecule has 1 heteroatoms. The van der Waals surface area contributed by atoms with Gasteiger partial charge in [-0.1, -0.05) is 56.3 Å². The Labute approximate surface area is 124 Å². The van der Waals surface area contributed by atoms with Gasteiger partial charge in [0.2, 0.25) is 0 Å². The van der Waals surface area contributed by atoms with Gasteiger partial charge in [0.25, 0.3) is 0 Å². The molecule has 0 bridgehead atoms. The van der Waals surface area contributed by atoms with Crippen LogP contribution in [0.1, 0.15) is 37.8 Å². The number of benzene rings is 1. The minimum absolute atomic E-state index is 0.700. The van der Waals surface area contributed by atoms with Crippen molar-refractivity contribution in [2.75, 3.05) is 6.54 Å². The molecule has 0 unspecified atom stereocenters. The quantitative estimate of drug-likeness (QED) is 0.744. The second-order valence-electron chi connectivity index (χ2n) is 5.32. The molecule has 0 radical (unpaired) electrons. The van der Waals surface area contributed by atoms with Crippen molar-refractivity contribution < 1.29 is 0 Å². The molecule has 108 valence electrons. The van der Waals surface area contributed by atoms with Crippen LogP contribution in [0.4, 0.5) is 0 Å². The van der Waals surface area contributed by atoms with Crippen LogP contribution in [-0.4, -0.2) is 6.54 Å². The van der Waals surface area contributed by atoms with Crippen molar-refractivity contribution in [3.05, 3.63) is 66.8 Å². The zero-order valence-electron chi connectivity index (χ0n) is 12.9. The molecular weight excluding hydrogens is 242 g/mol. The van der Waals surface area contributed by atoms with Crippen molar-refractivity contribution >= 4 is 5.57 Å². The third-order valence-corrected chi connectivity index (χ3v) is 3.19. The Morgan fingerprint density at radius 1 is 1.15 bits per heavy atom. The Hall–Kier alpha value is -1.60. The summed E-state index contributed by atoms with van der Waals surface area (Å²) < 4.78 is 0. The normalized spacial score (nSPS) is 13.7. The fourth-order valence-corrected chi connectivity index (χ4v) is 2.26. The highest BCUT2D eigenvalue weighted by Crippen LogP contribution is 2.24. The summed E-state index contributed by atoms with van der Waals surface area (Å²) in [6.07, 6.45) is 9.22. The topological polar surface area (TPSA) is 12.0 Å². The summed E-state index contributed by atoms with van der Waals surface area (Å²) in [6.45, 7) is 12.5. The fraction of sp³-hybridized carbons (Fsp3) is 0.368. The molecule has 2 rings (SSSR count). The first-order valence-corrected chi connectivity index (χ1v) is 7.43. The van der Waals surface area contributed by atoms with Gasteiger partial charge in [-0.3, -0.25) is 0 Å². The molecule has 0 aliphatic heterocycles. The van der Waals surface area contributed by atoms with Crippen LogP contribution in [0.3, 0.4) is 0 Å². The maximum absolute atomic E-state index is 3.53. The smallest absolute Gasteiger partial charge is 0.0211 e. The average molecular weight is 269 g/mol. The van der Waals surface area contributed by atoms with Crippen LogP contribution >= 0.6 is 0 Å². The van der Waals surface area contributed by atoms with Crippen LogP contribution in [0, 0.1) is 5.92 Å². The lowest BCUT2D eigenvalue weighted by atomic mass is 9.95. The van der Waals surface area contributed by atoms with Crippen molar-refractivity contribution in [2.45, 2.75) is 33.2 Å². The summed E-state index contributed by atoms with van der Waals surface area (Å²) in [5, 5.41) is 3.53. The molecule has 1 aromatic rings. The molecule has 20 heavy (non-hydrogen) atoms. The van der Waals surface area contributed by atoms with Gasteiger partial charge in [-0.05, 0) is 42.0 Å². The van der Waals surface area contributed by atoms with Gasteiger partial charge in [0.15, 0.2) is 0 Å². The number of hydrogen-bond donors (Lipinski definition) is 1. The lowest BCUT2D eigenvalue weighted by molar-refractivity contribution is 0.552. The van der Waals surface area contributed by atoms with Gasteiger partial charge in [0.05, 0.1) is 0 Å². The molecular formula is C19H27N. The van der Waals surface area contributed by atoms with E-state index in [1.807, 2.05) is 0 Å². The van der Waals surface area contributed by atoms with Gasteiger partial charge in [0, 0.05) is 6.54 Å². The Morgan fingerprint density at radius 3 is 2.55 bits per heavy atom. The van der Waals surface area contributed by atoms with E-state index in [2.05, 4.69) is 74.8 Å². The van der Waals surface area contributed by atoms with Gasteiger partial charge >= 0.3 is 0 Å². The third kappa shape index (κ3) is 5.18. The molecule has 1 aromatic carbocycles. The summed E-state index contributed by atoms with van der Waals surface area (Å²) in [5.41, 5.74) is 4.16. The van der Waals surface area contributed by atoms with E-state index in [4.69, 9.17) is 0 Å². The van der Waals surface area contributed by atoms with Crippen LogP contribution in [0.2, 0.25) is 0 Å². The molecule has 0 aromatic heterocycles. The Balaban J connectivity index is 0.000000956. The van der Waals surface area contributed by atoms with Crippen LogP contribution < -0.4 is 5.32 Å². The number of nitrogens with one attached hydrogen (secondary N) is 1. The summed E-state index contributed by atoms with van der Waals surface area (Å²) in [7, 11) is 0. The van der Waals surface area contributed by atoms with Gasteiger partial charge in [0.1, 0.15) is 0 Å². The zero-order valence-corrected chi connectivity index (χ0v) is 12.9. The molecule has 0 heterocycles. The molecule has 0 atom stereocenters. The second kappa shape index (κ2) is 9.33. The largest absolute Gasteiger partial charge is 0.312 e. The Kier molecular flexibility index (Phi) is 7.67. The highest BCUT2D eigenvalue weighted by atomic mass is 14.8.